The summed E-state index contributed by atoms with van der Waals surface area (Å²) in [5.74, 6) is 0. The summed E-state index contributed by atoms with van der Waals surface area (Å²) in [6.45, 7) is 10.9. The van der Waals surface area contributed by atoms with E-state index in [-0.39, 0.29) is 0 Å². The van der Waals surface area contributed by atoms with Crippen LogP contribution in [0.4, 0.5) is 0 Å². The molecule has 0 fully saturated rings. The molecule has 0 aromatic rings. The first-order valence-corrected chi connectivity index (χ1v) is 6.15. The van der Waals surface area contributed by atoms with Gasteiger partial charge in [-0.3, -0.25) is 4.90 Å². The average Bonchev–Trinajstić information content (AvgIpc) is 2.24. The highest BCUT2D eigenvalue weighted by molar-refractivity contribution is 4.74. The van der Waals surface area contributed by atoms with Crippen molar-refractivity contribution in [2.45, 2.75) is 38.8 Å². The molecular weight excluding hydrogens is 200 g/mol. The molecular formula is C13H28N2O. The van der Waals surface area contributed by atoms with Crippen molar-refractivity contribution >= 4 is 0 Å². The Morgan fingerprint density at radius 3 is 2.62 bits per heavy atom. The predicted molar refractivity (Wildman–Crippen MR) is 70.9 cm³/mol. The second kappa shape index (κ2) is 9.82. The van der Waals surface area contributed by atoms with Crippen molar-refractivity contribution in [3.63, 3.8) is 0 Å². The Morgan fingerprint density at radius 2 is 2.12 bits per heavy atom. The first kappa shape index (κ1) is 15.6. The maximum atomic E-state index is 5.26. The van der Waals surface area contributed by atoms with Crippen molar-refractivity contribution in [1.82, 2.24) is 10.2 Å². The molecule has 1 atom stereocenters. The molecule has 0 radical (unpaired) electrons. The van der Waals surface area contributed by atoms with E-state index in [1.165, 1.54) is 6.42 Å². The normalized spacial score (nSPS) is 13.4. The van der Waals surface area contributed by atoms with Gasteiger partial charge in [-0.15, -0.1) is 6.58 Å². The quantitative estimate of drug-likeness (QED) is 0.456. The smallest absolute Gasteiger partial charge is 0.0630 e. The van der Waals surface area contributed by atoms with Gasteiger partial charge in [0.1, 0.15) is 0 Å². The summed E-state index contributed by atoms with van der Waals surface area (Å²) < 4.78 is 5.26. The molecule has 16 heavy (non-hydrogen) atoms. The molecule has 3 nitrogen and oxygen atoms in total. The maximum absolute atomic E-state index is 5.26. The molecule has 0 amide bonds. The topological polar surface area (TPSA) is 24.5 Å². The minimum absolute atomic E-state index is 0.456. The van der Waals surface area contributed by atoms with Crippen molar-refractivity contribution in [3.8, 4) is 0 Å². The molecule has 0 aliphatic heterocycles. The lowest BCUT2D eigenvalue weighted by molar-refractivity contribution is 0.103. The Hall–Kier alpha value is -0.380. The third kappa shape index (κ3) is 7.85. The molecule has 0 aliphatic carbocycles. The number of nitrogens with one attached hydrogen (secondary N) is 1. The van der Waals surface area contributed by atoms with Gasteiger partial charge in [0.05, 0.1) is 6.61 Å². The molecule has 0 bridgehead atoms. The van der Waals surface area contributed by atoms with Crippen LogP contribution in [0.2, 0.25) is 0 Å². The standard InChI is InChI=1S/C13H28N2O/c1-6-7-8-9-15(4)13(11-16-5)10-14-12(2)3/h6,12-14H,1,7-11H2,2-5H3. The van der Waals surface area contributed by atoms with Crippen LogP contribution in [0.1, 0.15) is 26.7 Å². The second-order valence-electron chi connectivity index (χ2n) is 4.58. The van der Waals surface area contributed by atoms with Crippen LogP contribution in [0.15, 0.2) is 12.7 Å². The summed E-state index contributed by atoms with van der Waals surface area (Å²) in [5, 5.41) is 3.46. The molecule has 0 aliphatic rings. The fraction of sp³-hybridized carbons (Fsp3) is 0.846. The van der Waals surface area contributed by atoms with Crippen molar-refractivity contribution in [2.75, 3.05) is 33.9 Å². The Morgan fingerprint density at radius 1 is 1.44 bits per heavy atom. The number of methoxy groups -OCH3 is 1. The van der Waals surface area contributed by atoms with E-state index in [1.54, 1.807) is 7.11 Å². The highest BCUT2D eigenvalue weighted by atomic mass is 16.5. The number of ether oxygens (including phenoxy) is 1. The van der Waals surface area contributed by atoms with Crippen molar-refractivity contribution in [1.29, 1.82) is 0 Å². The summed E-state index contributed by atoms with van der Waals surface area (Å²) in [6.07, 6.45) is 4.23. The fourth-order valence-electron chi connectivity index (χ4n) is 1.57. The van der Waals surface area contributed by atoms with Gasteiger partial charge in [-0.25, -0.2) is 0 Å². The molecule has 0 aromatic carbocycles. The highest BCUT2D eigenvalue weighted by Gasteiger charge is 2.14. The van der Waals surface area contributed by atoms with Crippen LogP contribution in [0, 0.1) is 0 Å². The van der Waals surface area contributed by atoms with Gasteiger partial charge in [0.15, 0.2) is 0 Å². The molecule has 1 N–H and O–H groups in total. The molecule has 0 rings (SSSR count). The first-order chi connectivity index (χ1) is 7.61. The number of hydrogen-bond acceptors (Lipinski definition) is 3. The van der Waals surface area contributed by atoms with E-state index in [4.69, 9.17) is 4.74 Å². The van der Waals surface area contributed by atoms with E-state index in [9.17, 15) is 0 Å². The zero-order valence-electron chi connectivity index (χ0n) is 11.3. The van der Waals surface area contributed by atoms with Crippen LogP contribution in [0.25, 0.3) is 0 Å². The molecule has 3 heteroatoms. The molecule has 96 valence electrons. The number of hydrogen-bond donors (Lipinski definition) is 1. The largest absolute Gasteiger partial charge is 0.383 e. The zero-order chi connectivity index (χ0) is 12.4. The monoisotopic (exact) mass is 228 g/mol. The molecule has 0 spiro atoms. The van der Waals surface area contributed by atoms with Gasteiger partial charge in [0.25, 0.3) is 0 Å². The second-order valence-corrected chi connectivity index (χ2v) is 4.58. The Bertz CT molecular complexity index is 171. The lowest BCUT2D eigenvalue weighted by Crippen LogP contribution is -2.45. The number of nitrogens with zero attached hydrogens (tertiary/aromatic N) is 1. The Labute approximate surface area is 101 Å². The van der Waals surface area contributed by atoms with E-state index in [2.05, 4.69) is 37.7 Å². The summed E-state index contributed by atoms with van der Waals surface area (Å²) in [4.78, 5) is 2.36. The van der Waals surface area contributed by atoms with Gasteiger partial charge < -0.3 is 10.1 Å². The molecule has 1 unspecified atom stereocenters. The summed E-state index contributed by atoms with van der Waals surface area (Å²) in [6, 6.07) is 0.984. The van der Waals surface area contributed by atoms with Crippen molar-refractivity contribution in [2.24, 2.45) is 0 Å². The van der Waals surface area contributed by atoms with Crippen LogP contribution in [0.3, 0.4) is 0 Å². The summed E-state index contributed by atoms with van der Waals surface area (Å²) in [7, 11) is 3.93. The number of rotatable bonds is 10. The van der Waals surface area contributed by atoms with Crippen molar-refractivity contribution in [3.05, 3.63) is 12.7 Å². The molecule has 0 aromatic heterocycles. The van der Waals surface area contributed by atoms with E-state index >= 15 is 0 Å². The van der Waals surface area contributed by atoms with Crippen LogP contribution >= 0.6 is 0 Å². The van der Waals surface area contributed by atoms with Gasteiger partial charge in [0, 0.05) is 25.7 Å². The lowest BCUT2D eigenvalue weighted by atomic mass is 10.2. The van der Waals surface area contributed by atoms with E-state index in [1.807, 2.05) is 6.08 Å². The zero-order valence-corrected chi connectivity index (χ0v) is 11.3. The number of unbranched alkanes of at least 4 members (excludes halogenated alkanes) is 1. The van der Waals surface area contributed by atoms with Crippen molar-refractivity contribution < 1.29 is 4.74 Å². The number of allylic oxidation sites excluding steroid dienone is 1. The van der Waals surface area contributed by atoms with E-state index < -0.39 is 0 Å². The highest BCUT2D eigenvalue weighted by Crippen LogP contribution is 2.00. The molecule has 0 heterocycles. The van der Waals surface area contributed by atoms with Gasteiger partial charge in [-0.1, -0.05) is 19.9 Å². The van der Waals surface area contributed by atoms with Gasteiger partial charge in [0.2, 0.25) is 0 Å². The summed E-state index contributed by atoms with van der Waals surface area (Å²) >= 11 is 0. The third-order valence-electron chi connectivity index (χ3n) is 2.66. The average molecular weight is 228 g/mol. The number of likely N-dealkylation sites (N-methyl/N-ethyl adjacent to an activating group) is 1. The van der Waals surface area contributed by atoms with E-state index in [0.717, 1.165) is 26.1 Å². The first-order valence-electron chi connectivity index (χ1n) is 6.15. The van der Waals surface area contributed by atoms with E-state index in [0.29, 0.717) is 12.1 Å². The van der Waals surface area contributed by atoms with Gasteiger partial charge >= 0.3 is 0 Å². The Balaban J connectivity index is 3.91. The van der Waals surface area contributed by atoms with Crippen LogP contribution in [0.5, 0.6) is 0 Å². The SMILES string of the molecule is C=CCCCN(C)C(CNC(C)C)COC. The van der Waals surface area contributed by atoms with Crippen LogP contribution < -0.4 is 5.32 Å². The lowest BCUT2D eigenvalue weighted by Gasteiger charge is -2.28. The maximum Gasteiger partial charge on any atom is 0.0630 e. The van der Waals surface area contributed by atoms with Crippen LogP contribution in [-0.2, 0) is 4.74 Å². The predicted octanol–water partition coefficient (Wildman–Crippen LogP) is 1.90. The minimum atomic E-state index is 0.456. The summed E-state index contributed by atoms with van der Waals surface area (Å²) in [5.41, 5.74) is 0. The minimum Gasteiger partial charge on any atom is -0.383 e. The Kier molecular flexibility index (Phi) is 9.59. The van der Waals surface area contributed by atoms with Crippen LogP contribution in [-0.4, -0.2) is 50.8 Å². The third-order valence-corrected chi connectivity index (χ3v) is 2.66. The fourth-order valence-corrected chi connectivity index (χ4v) is 1.57. The molecule has 0 saturated carbocycles. The van der Waals surface area contributed by atoms with Gasteiger partial charge in [-0.2, -0.15) is 0 Å². The van der Waals surface area contributed by atoms with Gasteiger partial charge in [-0.05, 0) is 26.4 Å². The molecule has 0 saturated heterocycles.